The normalized spacial score (nSPS) is 10.5. The number of halogens is 2. The van der Waals surface area contributed by atoms with E-state index in [1.165, 1.54) is 36.2 Å². The topological polar surface area (TPSA) is 0 Å². The summed E-state index contributed by atoms with van der Waals surface area (Å²) < 4.78 is 0. The van der Waals surface area contributed by atoms with Gasteiger partial charge in [0.15, 0.2) is 0 Å². The summed E-state index contributed by atoms with van der Waals surface area (Å²) in [4.78, 5) is 0. The maximum absolute atomic E-state index is 2.73. The lowest BCUT2D eigenvalue weighted by Crippen LogP contribution is -2.09. The van der Waals surface area contributed by atoms with Gasteiger partial charge in [-0.2, -0.15) is 0 Å². The molecule has 0 fully saturated rings. The van der Waals surface area contributed by atoms with Crippen LogP contribution in [-0.4, -0.2) is 21.7 Å². The SMILES string of the molecule is CC(C)[CH2][Al]([I])[CH2]C(C)C.CCC[CH2][Al]([I])[CH2]CCC. The van der Waals surface area contributed by atoms with E-state index in [0.717, 1.165) is 11.8 Å². The summed E-state index contributed by atoms with van der Waals surface area (Å²) in [5.41, 5.74) is 0. The van der Waals surface area contributed by atoms with Crippen molar-refractivity contribution in [1.29, 1.82) is 0 Å². The van der Waals surface area contributed by atoms with E-state index in [0.29, 0.717) is 0 Å². The van der Waals surface area contributed by atoms with Gasteiger partial charge in [-0.1, -0.05) is 100 Å². The summed E-state index contributed by atoms with van der Waals surface area (Å²) in [5.74, 6) is 1.85. The van der Waals surface area contributed by atoms with Gasteiger partial charge in [-0.15, -0.1) is 0 Å². The molecule has 0 bridgehead atoms. The van der Waals surface area contributed by atoms with Crippen LogP contribution in [-0.2, 0) is 0 Å². The van der Waals surface area contributed by atoms with Crippen molar-refractivity contribution in [2.75, 3.05) is 0 Å². The molecule has 0 amide bonds. The highest BCUT2D eigenvalue weighted by atomic mass is 127. The lowest BCUT2D eigenvalue weighted by atomic mass is 10.3. The maximum atomic E-state index is 2.73. The van der Waals surface area contributed by atoms with E-state index in [9.17, 15) is 0 Å². The Morgan fingerprint density at radius 1 is 0.700 bits per heavy atom. The van der Waals surface area contributed by atoms with Crippen molar-refractivity contribution in [3.8, 4) is 0 Å². The first kappa shape index (κ1) is 24.8. The van der Waals surface area contributed by atoms with Crippen molar-refractivity contribution in [3.05, 3.63) is 0 Å². The zero-order valence-electron chi connectivity index (χ0n) is 14.7. The first-order valence-corrected chi connectivity index (χ1v) is 20.2. The Hall–Kier alpha value is 2.52. The lowest BCUT2D eigenvalue weighted by Gasteiger charge is -2.09. The minimum atomic E-state index is -0.348. The largest absolute Gasteiger partial charge is 0.360 e. The van der Waals surface area contributed by atoms with Crippen molar-refractivity contribution in [3.63, 3.8) is 0 Å². The molecular formula is C16H36Al2I2. The Bertz CT molecular complexity index is 169. The fourth-order valence-electron chi connectivity index (χ4n) is 2.11. The van der Waals surface area contributed by atoms with Gasteiger partial charge < -0.3 is 0 Å². The molecule has 0 heterocycles. The predicted molar refractivity (Wildman–Crippen MR) is 118 cm³/mol. The van der Waals surface area contributed by atoms with Crippen molar-refractivity contribution in [2.24, 2.45) is 11.8 Å². The highest BCUT2D eigenvalue weighted by Gasteiger charge is 2.16. The van der Waals surface area contributed by atoms with Crippen LogP contribution in [0, 0.1) is 11.8 Å². The third-order valence-corrected chi connectivity index (χ3v) is 15.0. The predicted octanol–water partition coefficient (Wildman–Crippen LogP) is 7.74. The molecule has 20 heavy (non-hydrogen) atoms. The molecule has 0 rings (SSSR count). The summed E-state index contributed by atoms with van der Waals surface area (Å²) >= 11 is 5.44. The van der Waals surface area contributed by atoms with Crippen LogP contribution in [0.2, 0.25) is 21.1 Å². The van der Waals surface area contributed by atoms with Gasteiger partial charge in [-0.05, 0) is 0 Å². The zero-order valence-corrected chi connectivity index (χ0v) is 21.3. The molecule has 0 aliphatic rings. The van der Waals surface area contributed by atoms with Crippen molar-refractivity contribution in [1.82, 2.24) is 0 Å². The Balaban J connectivity index is 0. The molecule has 0 saturated heterocycles. The molecule has 0 unspecified atom stereocenters. The van der Waals surface area contributed by atoms with E-state index < -0.39 is 0 Å². The molecule has 120 valence electrons. The Labute approximate surface area is 160 Å². The second kappa shape index (κ2) is 17.9. The Morgan fingerprint density at radius 3 is 1.30 bits per heavy atom. The first-order valence-electron chi connectivity index (χ1n) is 8.61. The molecule has 0 nitrogen and oxygen atoms in total. The zero-order chi connectivity index (χ0) is 16.0. The fraction of sp³-hybridized carbons (Fsp3) is 1.00. The quantitative estimate of drug-likeness (QED) is 0.198. The Kier molecular flexibility index (Phi) is 22.1. The molecule has 0 aromatic rings. The van der Waals surface area contributed by atoms with Crippen LogP contribution in [0.5, 0.6) is 0 Å². The monoisotopic (exact) mass is 536 g/mol. The third kappa shape index (κ3) is 22.8. The van der Waals surface area contributed by atoms with Gasteiger partial charge in [-0.3, -0.25) is 0 Å². The van der Waals surface area contributed by atoms with Gasteiger partial charge in [0, 0.05) is 0 Å². The molecule has 0 aliphatic heterocycles. The standard InChI is InChI=1S/4C4H9.2Al.2HI/c2*1-4(2)3;2*1-3-4-2;;;;/h2*4H,1H2,2-3H3;2*1,3-4H2,2H3;;;2*1H/q;;;;2*+1;;/p-2. The van der Waals surface area contributed by atoms with E-state index in [1.54, 1.807) is 10.6 Å². The van der Waals surface area contributed by atoms with Crippen LogP contribution in [0.15, 0.2) is 0 Å². The van der Waals surface area contributed by atoms with E-state index in [-0.39, 0.29) is 21.7 Å². The van der Waals surface area contributed by atoms with Crippen LogP contribution in [0.1, 0.15) is 67.2 Å². The van der Waals surface area contributed by atoms with Gasteiger partial charge >= 0.3 is 21.7 Å². The average molecular weight is 536 g/mol. The number of rotatable bonds is 10. The second-order valence-corrected chi connectivity index (χ2v) is 21.8. The lowest BCUT2D eigenvalue weighted by molar-refractivity contribution is 0.699. The van der Waals surface area contributed by atoms with Gasteiger partial charge in [0.2, 0.25) is 0 Å². The minimum absolute atomic E-state index is 0.267. The summed E-state index contributed by atoms with van der Waals surface area (Å²) in [6.45, 7) is 13.9. The van der Waals surface area contributed by atoms with E-state index in [4.69, 9.17) is 0 Å². The third-order valence-electron chi connectivity index (χ3n) is 3.20. The highest BCUT2D eigenvalue weighted by molar-refractivity contribution is 14.1. The van der Waals surface area contributed by atoms with Crippen LogP contribution in [0.4, 0.5) is 0 Å². The second-order valence-electron chi connectivity index (χ2n) is 6.74. The van der Waals surface area contributed by atoms with Crippen LogP contribution < -0.4 is 0 Å². The van der Waals surface area contributed by atoms with Gasteiger partial charge in [0.1, 0.15) is 0 Å². The number of unbranched alkanes of at least 4 members (excludes halogenated alkanes) is 2. The molecule has 0 saturated carbocycles. The van der Waals surface area contributed by atoms with E-state index in [1.807, 2.05) is 0 Å². The van der Waals surface area contributed by atoms with Gasteiger partial charge in [-0.25, -0.2) is 40.5 Å². The fourth-order valence-corrected chi connectivity index (χ4v) is 15.1. The van der Waals surface area contributed by atoms with Gasteiger partial charge in [0.05, 0.1) is 0 Å². The summed E-state index contributed by atoms with van der Waals surface area (Å²) in [7, 11) is -0.615. The molecule has 0 aliphatic carbocycles. The first-order chi connectivity index (χ1) is 9.33. The average Bonchev–Trinajstić information content (AvgIpc) is 2.32. The van der Waals surface area contributed by atoms with Crippen molar-refractivity contribution < 1.29 is 0 Å². The van der Waals surface area contributed by atoms with Crippen molar-refractivity contribution in [2.45, 2.75) is 88.4 Å². The maximum Gasteiger partial charge on any atom is 0.360 e. The van der Waals surface area contributed by atoms with E-state index >= 15 is 0 Å². The highest BCUT2D eigenvalue weighted by Crippen LogP contribution is 2.18. The molecule has 0 N–H and O–H groups in total. The molecule has 0 radical (unpaired) electrons. The molecule has 0 aromatic carbocycles. The summed E-state index contributed by atoms with van der Waals surface area (Å²) in [6, 6.07) is 0. The molecule has 4 heteroatoms. The molecule has 0 atom stereocenters. The Morgan fingerprint density at radius 2 is 1.05 bits per heavy atom. The smallest absolute Gasteiger partial charge is 0.209 e. The summed E-state index contributed by atoms with van der Waals surface area (Å²) in [6.07, 6.45) is 5.73. The van der Waals surface area contributed by atoms with Crippen LogP contribution >= 0.6 is 40.5 Å². The molecular weight excluding hydrogens is 500 g/mol. The molecule has 0 spiro atoms. The number of hydrogen-bond acceptors (Lipinski definition) is 0. The van der Waals surface area contributed by atoms with Crippen molar-refractivity contribution >= 4 is 62.3 Å². The minimum Gasteiger partial charge on any atom is -0.209 e. The van der Waals surface area contributed by atoms with E-state index in [2.05, 4.69) is 82.1 Å². The summed E-state index contributed by atoms with van der Waals surface area (Å²) in [5, 5.41) is 6.16. The molecule has 0 aromatic heterocycles. The van der Waals surface area contributed by atoms with Crippen LogP contribution in [0.3, 0.4) is 0 Å². The van der Waals surface area contributed by atoms with Gasteiger partial charge in [0.25, 0.3) is 0 Å². The number of hydrogen-bond donors (Lipinski definition) is 0. The van der Waals surface area contributed by atoms with Crippen LogP contribution in [0.25, 0.3) is 0 Å².